The smallest absolute Gasteiger partial charge is 0.341 e. The van der Waals surface area contributed by atoms with Gasteiger partial charge in [-0.2, -0.15) is 15.2 Å². The number of benzene rings is 1. The average Bonchev–Trinajstić information content (AvgIpc) is 3.41. The zero-order chi connectivity index (χ0) is 22.1. The molecule has 0 aliphatic heterocycles. The van der Waals surface area contributed by atoms with Crippen LogP contribution < -0.4 is 4.74 Å². The average molecular weight is 461 g/mol. The molecule has 3 aromatic heterocycles. The first-order valence-corrected chi connectivity index (χ1v) is 10.1. The van der Waals surface area contributed by atoms with Crippen molar-refractivity contribution >= 4 is 40.2 Å². The van der Waals surface area contributed by atoms with Gasteiger partial charge in [0.2, 0.25) is 5.88 Å². The third-order valence-corrected chi connectivity index (χ3v) is 5.21. The predicted octanol–water partition coefficient (Wildman–Crippen LogP) is 4.11. The molecule has 0 unspecified atom stereocenters. The number of esters is 1. The van der Waals surface area contributed by atoms with Gasteiger partial charge in [0.05, 0.1) is 37.7 Å². The van der Waals surface area contributed by atoms with Crippen LogP contribution in [-0.2, 0) is 4.74 Å². The van der Waals surface area contributed by atoms with Gasteiger partial charge >= 0.3 is 5.97 Å². The minimum Gasteiger partial charge on any atom is -0.479 e. The van der Waals surface area contributed by atoms with Crippen molar-refractivity contribution in [1.82, 2.24) is 29.5 Å². The number of hydrogen-bond donors (Lipinski definition) is 0. The lowest BCUT2D eigenvalue weighted by Gasteiger charge is -2.14. The predicted molar refractivity (Wildman–Crippen MR) is 115 cm³/mol. The summed E-state index contributed by atoms with van der Waals surface area (Å²) in [5.74, 6) is 0.0334. The first-order chi connectivity index (χ1) is 14.9. The normalized spacial score (nSPS) is 12.2. The Bertz CT molecular complexity index is 1270. The minimum atomic E-state index is -0.471. The molecule has 1 atom stereocenters. The highest BCUT2D eigenvalue weighted by molar-refractivity contribution is 6.33. The number of hydrogen-bond acceptors (Lipinski definition) is 7. The van der Waals surface area contributed by atoms with Crippen molar-refractivity contribution in [2.75, 3.05) is 13.7 Å². The largest absolute Gasteiger partial charge is 0.479 e. The molecule has 4 rings (SSSR count). The number of nitrogens with zero attached hydrogens (tertiary/aromatic N) is 6. The van der Waals surface area contributed by atoms with Crippen LogP contribution >= 0.6 is 23.2 Å². The fraction of sp³-hybridized carbons (Fsp3) is 0.250. The van der Waals surface area contributed by atoms with Gasteiger partial charge in [-0.25, -0.2) is 14.5 Å². The number of fused-ring (bicyclic) bond motifs is 1. The van der Waals surface area contributed by atoms with E-state index in [1.165, 1.54) is 24.2 Å². The van der Waals surface area contributed by atoms with Crippen LogP contribution in [-0.4, -0.2) is 49.2 Å². The first kappa shape index (κ1) is 21.1. The number of halogens is 2. The summed E-state index contributed by atoms with van der Waals surface area (Å²) in [6, 6.07) is 5.06. The fourth-order valence-corrected chi connectivity index (χ4v) is 3.52. The molecule has 4 aromatic rings. The fourth-order valence-electron chi connectivity index (χ4n) is 3.07. The molecular formula is C20H18Cl2N6O3. The maximum Gasteiger partial charge on any atom is 0.341 e. The van der Waals surface area contributed by atoms with Gasteiger partial charge < -0.3 is 9.47 Å². The molecule has 0 radical (unpaired) electrons. The Morgan fingerprint density at radius 2 is 2.03 bits per heavy atom. The molecule has 9 nitrogen and oxygen atoms in total. The molecule has 0 bridgehead atoms. The van der Waals surface area contributed by atoms with E-state index in [4.69, 9.17) is 32.7 Å². The van der Waals surface area contributed by atoms with Gasteiger partial charge in [-0.05, 0) is 37.6 Å². The third-order valence-electron chi connectivity index (χ3n) is 4.63. The van der Waals surface area contributed by atoms with Crippen LogP contribution in [0, 0.1) is 0 Å². The second kappa shape index (κ2) is 8.52. The Morgan fingerprint density at radius 3 is 2.77 bits per heavy atom. The Morgan fingerprint density at radius 1 is 1.23 bits per heavy atom. The summed E-state index contributed by atoms with van der Waals surface area (Å²) in [5, 5.41) is 9.91. The van der Waals surface area contributed by atoms with Gasteiger partial charge in [0.1, 0.15) is 5.52 Å². The van der Waals surface area contributed by atoms with Crippen LogP contribution in [0.15, 0.2) is 36.8 Å². The molecule has 0 aliphatic rings. The molecule has 11 heteroatoms. The summed E-state index contributed by atoms with van der Waals surface area (Å²) < 4.78 is 13.5. The van der Waals surface area contributed by atoms with Gasteiger partial charge in [-0.15, -0.1) is 0 Å². The quantitative estimate of drug-likeness (QED) is 0.399. The lowest BCUT2D eigenvalue weighted by molar-refractivity contribution is 0.0526. The zero-order valence-corrected chi connectivity index (χ0v) is 18.4. The molecule has 0 N–H and O–H groups in total. The number of ether oxygens (including phenoxy) is 2. The standard InChI is InChI=1S/C20H18Cl2N6O3/c1-4-31-19(29)12-8-23-28(9-12)20-24-16-10-27(26-17(16)18(25-20)30-3)11(2)14-7-13(21)5-6-15(14)22/h5-11H,4H2,1-3H3/t11-/m0/s1. The van der Waals surface area contributed by atoms with Crippen molar-refractivity contribution in [2.45, 2.75) is 19.9 Å². The summed E-state index contributed by atoms with van der Waals surface area (Å²) >= 11 is 12.5. The third kappa shape index (κ3) is 4.06. The molecule has 0 aliphatic carbocycles. The van der Waals surface area contributed by atoms with Crippen molar-refractivity contribution in [3.63, 3.8) is 0 Å². The molecule has 3 heterocycles. The van der Waals surface area contributed by atoms with E-state index in [0.717, 1.165) is 5.56 Å². The van der Waals surface area contributed by atoms with E-state index < -0.39 is 5.97 Å². The monoisotopic (exact) mass is 460 g/mol. The van der Waals surface area contributed by atoms with Gasteiger partial charge in [0, 0.05) is 16.2 Å². The second-order valence-corrected chi connectivity index (χ2v) is 7.46. The highest BCUT2D eigenvalue weighted by Crippen LogP contribution is 2.30. The maximum absolute atomic E-state index is 11.9. The highest BCUT2D eigenvalue weighted by atomic mass is 35.5. The van der Waals surface area contributed by atoms with E-state index in [1.807, 2.05) is 6.92 Å². The minimum absolute atomic E-state index is 0.214. The Kier molecular flexibility index (Phi) is 5.79. The topological polar surface area (TPSA) is 97.0 Å². The summed E-state index contributed by atoms with van der Waals surface area (Å²) in [6.45, 7) is 3.96. The van der Waals surface area contributed by atoms with Gasteiger partial charge in [0.25, 0.3) is 5.95 Å². The van der Waals surface area contributed by atoms with Crippen LogP contribution in [0.3, 0.4) is 0 Å². The van der Waals surface area contributed by atoms with E-state index in [1.54, 1.807) is 36.0 Å². The van der Waals surface area contributed by atoms with E-state index in [2.05, 4.69) is 20.2 Å². The summed E-state index contributed by atoms with van der Waals surface area (Å²) in [5.41, 5.74) is 2.14. The number of rotatable bonds is 6. The van der Waals surface area contributed by atoms with Crippen molar-refractivity contribution in [2.24, 2.45) is 0 Å². The first-order valence-electron chi connectivity index (χ1n) is 9.39. The van der Waals surface area contributed by atoms with Crippen molar-refractivity contribution in [3.05, 3.63) is 58.0 Å². The maximum atomic E-state index is 11.9. The molecule has 160 valence electrons. The number of carbonyl (C=O) groups is 1. The van der Waals surface area contributed by atoms with Crippen molar-refractivity contribution < 1.29 is 14.3 Å². The SMILES string of the molecule is CCOC(=O)c1cnn(-c2nc(OC)c3nn([C@@H](C)c4cc(Cl)ccc4Cl)cc3n2)c1. The summed E-state index contributed by atoms with van der Waals surface area (Å²) in [6.07, 6.45) is 4.66. The van der Waals surface area contributed by atoms with Crippen molar-refractivity contribution in [3.8, 4) is 11.8 Å². The molecule has 1 aromatic carbocycles. The van der Waals surface area contributed by atoms with Crippen LogP contribution in [0.1, 0.15) is 35.8 Å². The van der Waals surface area contributed by atoms with Crippen LogP contribution in [0.4, 0.5) is 0 Å². The van der Waals surface area contributed by atoms with Crippen LogP contribution in [0.2, 0.25) is 10.0 Å². The lowest BCUT2D eigenvalue weighted by atomic mass is 10.1. The molecule has 31 heavy (non-hydrogen) atoms. The Hall–Kier alpha value is -3.17. The lowest BCUT2D eigenvalue weighted by Crippen LogP contribution is -2.08. The van der Waals surface area contributed by atoms with E-state index in [-0.39, 0.29) is 24.5 Å². The Balaban J connectivity index is 1.75. The zero-order valence-electron chi connectivity index (χ0n) is 16.9. The molecular weight excluding hydrogens is 443 g/mol. The molecule has 0 fully saturated rings. The van der Waals surface area contributed by atoms with Gasteiger partial charge in [-0.1, -0.05) is 23.2 Å². The van der Waals surface area contributed by atoms with Crippen LogP contribution in [0.25, 0.3) is 17.0 Å². The van der Waals surface area contributed by atoms with E-state index >= 15 is 0 Å². The molecule has 0 spiro atoms. The molecule has 0 amide bonds. The Labute approximate surface area is 187 Å². The van der Waals surface area contributed by atoms with E-state index in [9.17, 15) is 4.79 Å². The summed E-state index contributed by atoms with van der Waals surface area (Å²) in [7, 11) is 1.50. The number of methoxy groups -OCH3 is 1. The molecule has 0 saturated carbocycles. The summed E-state index contributed by atoms with van der Waals surface area (Å²) in [4.78, 5) is 20.8. The van der Waals surface area contributed by atoms with Crippen molar-refractivity contribution in [1.29, 1.82) is 0 Å². The van der Waals surface area contributed by atoms with E-state index in [0.29, 0.717) is 26.6 Å². The van der Waals surface area contributed by atoms with Crippen LogP contribution in [0.5, 0.6) is 5.88 Å². The molecule has 0 saturated heterocycles. The number of carbonyl (C=O) groups excluding carboxylic acids is 1. The second-order valence-electron chi connectivity index (χ2n) is 6.61. The van der Waals surface area contributed by atoms with Gasteiger partial charge in [0.15, 0.2) is 5.52 Å². The number of aromatic nitrogens is 6. The van der Waals surface area contributed by atoms with Gasteiger partial charge in [-0.3, -0.25) is 4.68 Å². The highest BCUT2D eigenvalue weighted by Gasteiger charge is 2.19.